The van der Waals surface area contributed by atoms with E-state index in [1.165, 1.54) is 0 Å². The highest BCUT2D eigenvalue weighted by atomic mass is 35.5. The molecule has 1 aliphatic heterocycles. The van der Waals surface area contributed by atoms with Gasteiger partial charge in [-0.3, -0.25) is 0 Å². The quantitative estimate of drug-likeness (QED) is 0.930. The van der Waals surface area contributed by atoms with Crippen LogP contribution in [-0.4, -0.2) is 19.8 Å². The molecular formula is C16H15Cl2NO2. The van der Waals surface area contributed by atoms with E-state index < -0.39 is 0 Å². The van der Waals surface area contributed by atoms with E-state index in [2.05, 4.69) is 0 Å². The first-order valence-electron chi connectivity index (χ1n) is 6.65. The van der Waals surface area contributed by atoms with Crippen LogP contribution in [0.2, 0.25) is 10.0 Å². The summed E-state index contributed by atoms with van der Waals surface area (Å²) in [5, 5.41) is 1.18. The Bertz CT molecular complexity index is 688. The van der Waals surface area contributed by atoms with Gasteiger partial charge in [-0.1, -0.05) is 29.3 Å². The van der Waals surface area contributed by atoms with Crippen LogP contribution in [0.15, 0.2) is 30.3 Å². The third-order valence-electron chi connectivity index (χ3n) is 3.59. The molecule has 0 fully saturated rings. The summed E-state index contributed by atoms with van der Waals surface area (Å²) in [6.45, 7) is 0.477. The van der Waals surface area contributed by atoms with Crippen molar-refractivity contribution in [3.8, 4) is 22.6 Å². The molecule has 5 heteroatoms. The second-order valence-corrected chi connectivity index (χ2v) is 5.81. The van der Waals surface area contributed by atoms with Gasteiger partial charge in [0.05, 0.1) is 12.1 Å². The van der Waals surface area contributed by atoms with Crippen LogP contribution in [0, 0.1) is 0 Å². The molecule has 1 atom stereocenters. The monoisotopic (exact) mass is 323 g/mol. The lowest BCUT2D eigenvalue weighted by Crippen LogP contribution is -2.24. The Morgan fingerprint density at radius 3 is 2.71 bits per heavy atom. The number of benzene rings is 2. The van der Waals surface area contributed by atoms with Gasteiger partial charge >= 0.3 is 0 Å². The van der Waals surface area contributed by atoms with Gasteiger partial charge in [-0.15, -0.1) is 0 Å². The van der Waals surface area contributed by atoms with E-state index in [0.29, 0.717) is 16.6 Å². The van der Waals surface area contributed by atoms with Crippen molar-refractivity contribution in [2.24, 2.45) is 5.73 Å². The van der Waals surface area contributed by atoms with Crippen molar-refractivity contribution in [2.45, 2.75) is 12.5 Å². The van der Waals surface area contributed by atoms with E-state index in [0.717, 1.165) is 34.6 Å². The smallest absolute Gasteiger partial charge is 0.131 e. The highest BCUT2D eigenvalue weighted by molar-refractivity contribution is 6.36. The fourth-order valence-electron chi connectivity index (χ4n) is 2.56. The van der Waals surface area contributed by atoms with Gasteiger partial charge in [0.2, 0.25) is 0 Å². The van der Waals surface area contributed by atoms with Gasteiger partial charge in [-0.2, -0.15) is 0 Å². The van der Waals surface area contributed by atoms with Gasteiger partial charge in [-0.05, 0) is 24.3 Å². The molecule has 0 spiro atoms. The summed E-state index contributed by atoms with van der Waals surface area (Å²) in [5.41, 5.74) is 8.59. The Morgan fingerprint density at radius 2 is 2.05 bits per heavy atom. The molecule has 0 aromatic heterocycles. The lowest BCUT2D eigenvalue weighted by molar-refractivity contribution is 0.242. The molecule has 0 radical (unpaired) electrons. The first-order valence-corrected chi connectivity index (χ1v) is 7.41. The van der Waals surface area contributed by atoms with E-state index in [1.807, 2.05) is 24.3 Å². The van der Waals surface area contributed by atoms with Crippen molar-refractivity contribution in [3.63, 3.8) is 0 Å². The van der Waals surface area contributed by atoms with Crippen LogP contribution in [0.3, 0.4) is 0 Å². The van der Waals surface area contributed by atoms with Crippen molar-refractivity contribution in [2.75, 3.05) is 13.7 Å². The Kier molecular flexibility index (Phi) is 3.98. The van der Waals surface area contributed by atoms with Gasteiger partial charge in [0.25, 0.3) is 0 Å². The number of halogens is 2. The topological polar surface area (TPSA) is 44.5 Å². The maximum Gasteiger partial charge on any atom is 0.131 e. The number of methoxy groups -OCH3 is 1. The number of rotatable bonds is 3. The SMILES string of the molecule is COc1cc2c(c(-c3ccc(Cl)cc3Cl)c1)OC(CN)C2. The number of hydrogen-bond acceptors (Lipinski definition) is 3. The molecule has 2 aromatic carbocycles. The standard InChI is InChI=1S/C16H15Cl2NO2/c1-20-11-4-9-5-12(8-19)21-16(9)14(7-11)13-3-2-10(17)6-15(13)18/h2-4,6-7,12H,5,8,19H2,1H3. The van der Waals surface area contributed by atoms with E-state index >= 15 is 0 Å². The van der Waals surface area contributed by atoms with Gasteiger partial charge in [0.1, 0.15) is 17.6 Å². The van der Waals surface area contributed by atoms with Crippen molar-refractivity contribution in [1.82, 2.24) is 0 Å². The highest BCUT2D eigenvalue weighted by Gasteiger charge is 2.26. The number of nitrogens with two attached hydrogens (primary N) is 1. The van der Waals surface area contributed by atoms with Gasteiger partial charge in [0.15, 0.2) is 0 Å². The molecule has 0 saturated heterocycles. The van der Waals surface area contributed by atoms with Crippen LogP contribution in [-0.2, 0) is 6.42 Å². The van der Waals surface area contributed by atoms with Crippen LogP contribution in [0.1, 0.15) is 5.56 Å². The molecule has 0 aliphatic carbocycles. The number of ether oxygens (including phenoxy) is 2. The Morgan fingerprint density at radius 1 is 1.24 bits per heavy atom. The lowest BCUT2D eigenvalue weighted by Gasteiger charge is -2.13. The first kappa shape index (κ1) is 14.5. The zero-order valence-corrected chi connectivity index (χ0v) is 13.0. The zero-order chi connectivity index (χ0) is 15.0. The molecule has 0 bridgehead atoms. The average Bonchev–Trinajstić information content (AvgIpc) is 2.89. The third kappa shape index (κ3) is 2.69. The number of fused-ring (bicyclic) bond motifs is 1. The molecule has 0 amide bonds. The van der Waals surface area contributed by atoms with E-state index in [1.54, 1.807) is 13.2 Å². The molecule has 3 nitrogen and oxygen atoms in total. The maximum absolute atomic E-state index is 6.33. The normalized spacial score (nSPS) is 16.5. The summed E-state index contributed by atoms with van der Waals surface area (Å²) in [7, 11) is 1.64. The summed E-state index contributed by atoms with van der Waals surface area (Å²) in [4.78, 5) is 0. The Labute approximate surface area is 133 Å². The minimum absolute atomic E-state index is 0.00284. The fraction of sp³-hybridized carbons (Fsp3) is 0.250. The van der Waals surface area contributed by atoms with Crippen LogP contribution < -0.4 is 15.2 Å². The van der Waals surface area contributed by atoms with Crippen LogP contribution in [0.25, 0.3) is 11.1 Å². The summed E-state index contributed by atoms with van der Waals surface area (Å²) in [6.07, 6.45) is 0.776. The predicted molar refractivity (Wildman–Crippen MR) is 85.6 cm³/mol. The third-order valence-corrected chi connectivity index (χ3v) is 4.14. The minimum Gasteiger partial charge on any atom is -0.497 e. The average molecular weight is 324 g/mol. The minimum atomic E-state index is -0.00284. The molecular weight excluding hydrogens is 309 g/mol. The Balaban J connectivity index is 2.16. The van der Waals surface area contributed by atoms with E-state index in [4.69, 9.17) is 38.4 Å². The Hall–Kier alpha value is -1.42. The summed E-state index contributed by atoms with van der Waals surface area (Å²) >= 11 is 12.3. The van der Waals surface area contributed by atoms with Crippen LogP contribution in [0.4, 0.5) is 0 Å². The molecule has 21 heavy (non-hydrogen) atoms. The van der Waals surface area contributed by atoms with E-state index in [-0.39, 0.29) is 6.10 Å². The molecule has 3 rings (SSSR count). The summed E-state index contributed by atoms with van der Waals surface area (Å²) in [5.74, 6) is 1.60. The lowest BCUT2D eigenvalue weighted by atomic mass is 10.00. The summed E-state index contributed by atoms with van der Waals surface area (Å²) < 4.78 is 11.3. The molecule has 2 N–H and O–H groups in total. The largest absolute Gasteiger partial charge is 0.497 e. The predicted octanol–water partition coefficient (Wildman–Crippen LogP) is 3.93. The van der Waals surface area contributed by atoms with Crippen molar-refractivity contribution in [1.29, 1.82) is 0 Å². The van der Waals surface area contributed by atoms with E-state index in [9.17, 15) is 0 Å². The van der Waals surface area contributed by atoms with Gasteiger partial charge < -0.3 is 15.2 Å². The van der Waals surface area contributed by atoms with Crippen LogP contribution >= 0.6 is 23.2 Å². The molecule has 0 saturated carbocycles. The fourth-order valence-corrected chi connectivity index (χ4v) is 3.07. The highest BCUT2D eigenvalue weighted by Crippen LogP contribution is 2.44. The molecule has 1 aliphatic rings. The van der Waals surface area contributed by atoms with Gasteiger partial charge in [-0.25, -0.2) is 0 Å². The van der Waals surface area contributed by atoms with Gasteiger partial charge in [0, 0.05) is 34.7 Å². The second-order valence-electron chi connectivity index (χ2n) is 4.97. The number of hydrogen-bond donors (Lipinski definition) is 1. The summed E-state index contributed by atoms with van der Waals surface area (Å²) in [6, 6.07) is 9.33. The zero-order valence-electron chi connectivity index (χ0n) is 11.5. The van der Waals surface area contributed by atoms with Crippen LogP contribution in [0.5, 0.6) is 11.5 Å². The van der Waals surface area contributed by atoms with Crippen molar-refractivity contribution < 1.29 is 9.47 Å². The molecule has 1 heterocycles. The molecule has 110 valence electrons. The first-order chi connectivity index (χ1) is 10.1. The molecule has 1 unspecified atom stereocenters. The van der Waals surface area contributed by atoms with Crippen molar-refractivity contribution >= 4 is 23.2 Å². The maximum atomic E-state index is 6.33. The molecule has 2 aromatic rings. The van der Waals surface area contributed by atoms with Crippen molar-refractivity contribution in [3.05, 3.63) is 45.9 Å². The second kappa shape index (κ2) is 5.76.